The Kier molecular flexibility index (Phi) is 7.94. The molecule has 1 saturated heterocycles. The van der Waals surface area contributed by atoms with E-state index >= 15 is 0 Å². The Bertz CT molecular complexity index is 1090. The number of rotatable bonds is 6. The summed E-state index contributed by atoms with van der Waals surface area (Å²) in [5.41, 5.74) is 0.947. The van der Waals surface area contributed by atoms with E-state index in [1.807, 2.05) is 0 Å². The van der Waals surface area contributed by atoms with Gasteiger partial charge in [-0.1, -0.05) is 70.5 Å². The Morgan fingerprint density at radius 1 is 0.600 bits per heavy atom. The molecule has 35 heavy (non-hydrogen) atoms. The van der Waals surface area contributed by atoms with Crippen LogP contribution in [0, 0.1) is 0 Å². The highest BCUT2D eigenvalue weighted by atomic mass is 79.9. The molecule has 0 spiro atoms. The van der Waals surface area contributed by atoms with Crippen molar-refractivity contribution in [1.29, 1.82) is 0 Å². The highest BCUT2D eigenvalue weighted by Crippen LogP contribution is 2.32. The second-order valence-electron chi connectivity index (χ2n) is 7.90. The average molecular weight is 539 g/mol. The maximum Gasteiger partial charge on any atom is 0.338 e. The summed E-state index contributed by atoms with van der Waals surface area (Å²) < 4.78 is 23.2. The molecule has 1 aliphatic heterocycles. The number of hydrogen-bond acceptors (Lipinski definition) is 7. The van der Waals surface area contributed by atoms with Crippen LogP contribution in [-0.2, 0) is 18.9 Å². The summed E-state index contributed by atoms with van der Waals surface area (Å²) >= 11 is 3.39. The smallest absolute Gasteiger partial charge is 0.338 e. The quantitative estimate of drug-likeness (QED) is 0.253. The maximum absolute atomic E-state index is 13.0. The van der Waals surface area contributed by atoms with Crippen LogP contribution < -0.4 is 0 Å². The van der Waals surface area contributed by atoms with Crippen LogP contribution in [0.4, 0.5) is 0 Å². The molecule has 1 heterocycles. The highest BCUT2D eigenvalue weighted by molar-refractivity contribution is 9.09. The SMILES string of the molecule is CC1OC(Br)[C@@H](OC(=O)c2ccccc2)[C@H](OC(=O)c2ccccc2)[C@H]1OC(=O)c1ccccc1. The van der Waals surface area contributed by atoms with Gasteiger partial charge in [0.05, 0.1) is 22.8 Å². The van der Waals surface area contributed by atoms with Crippen LogP contribution in [0.3, 0.4) is 0 Å². The first-order valence-corrected chi connectivity index (χ1v) is 11.9. The molecular weight excluding hydrogens is 516 g/mol. The first kappa shape index (κ1) is 24.6. The van der Waals surface area contributed by atoms with Crippen molar-refractivity contribution in [2.24, 2.45) is 0 Å². The highest BCUT2D eigenvalue weighted by Gasteiger charge is 2.50. The largest absolute Gasteiger partial charge is 0.452 e. The van der Waals surface area contributed by atoms with Gasteiger partial charge >= 0.3 is 17.9 Å². The second kappa shape index (κ2) is 11.3. The van der Waals surface area contributed by atoms with Gasteiger partial charge < -0.3 is 18.9 Å². The van der Waals surface area contributed by atoms with Gasteiger partial charge in [0, 0.05) is 0 Å². The molecule has 0 aliphatic carbocycles. The van der Waals surface area contributed by atoms with E-state index in [-0.39, 0.29) is 0 Å². The Hall–Kier alpha value is -3.49. The van der Waals surface area contributed by atoms with Crippen LogP contribution >= 0.6 is 15.9 Å². The lowest BCUT2D eigenvalue weighted by Gasteiger charge is -2.42. The molecule has 5 atom stereocenters. The van der Waals surface area contributed by atoms with E-state index in [0.717, 1.165) is 0 Å². The van der Waals surface area contributed by atoms with Gasteiger partial charge in [0.15, 0.2) is 23.3 Å². The first-order chi connectivity index (χ1) is 16.9. The standard InChI is InChI=1S/C27H23BrO7/c1-17-21(33-25(29)18-11-5-2-6-12-18)22(34-26(30)19-13-7-3-8-14-19)23(24(28)32-17)35-27(31)20-15-9-4-10-16-20/h2-17,21-24H,1H3/t17?,21-,22+,23-,24?/m0/s1. The minimum Gasteiger partial charge on any atom is -0.452 e. The summed E-state index contributed by atoms with van der Waals surface area (Å²) in [6, 6.07) is 25.2. The number of halogens is 1. The maximum atomic E-state index is 13.0. The normalized spacial score (nSPS) is 23.7. The van der Waals surface area contributed by atoms with Gasteiger partial charge in [-0.05, 0) is 43.3 Å². The van der Waals surface area contributed by atoms with E-state index in [1.54, 1.807) is 97.9 Å². The fourth-order valence-electron chi connectivity index (χ4n) is 3.68. The van der Waals surface area contributed by atoms with Crippen molar-refractivity contribution < 1.29 is 33.3 Å². The Labute approximate surface area is 211 Å². The predicted octanol–water partition coefficient (Wildman–Crippen LogP) is 4.80. The Balaban J connectivity index is 1.63. The fraction of sp³-hybridized carbons (Fsp3) is 0.222. The molecular formula is C27H23BrO7. The third-order valence-electron chi connectivity index (χ3n) is 5.47. The Morgan fingerprint density at radius 3 is 1.34 bits per heavy atom. The van der Waals surface area contributed by atoms with E-state index in [4.69, 9.17) is 18.9 Å². The van der Waals surface area contributed by atoms with Crippen molar-refractivity contribution in [3.8, 4) is 0 Å². The molecule has 8 heteroatoms. The number of carbonyl (C=O) groups excluding carboxylic acids is 3. The van der Waals surface area contributed by atoms with Crippen LogP contribution in [0.25, 0.3) is 0 Å². The molecule has 180 valence electrons. The molecule has 0 amide bonds. The molecule has 3 aromatic carbocycles. The zero-order chi connectivity index (χ0) is 24.8. The number of esters is 3. The van der Waals surface area contributed by atoms with Crippen LogP contribution in [0.5, 0.6) is 0 Å². The van der Waals surface area contributed by atoms with E-state index in [9.17, 15) is 14.4 Å². The van der Waals surface area contributed by atoms with Crippen LogP contribution in [0.2, 0.25) is 0 Å². The van der Waals surface area contributed by atoms with Crippen LogP contribution in [0.1, 0.15) is 38.0 Å². The minimum absolute atomic E-state index is 0.305. The van der Waals surface area contributed by atoms with Crippen LogP contribution in [0.15, 0.2) is 91.0 Å². The first-order valence-electron chi connectivity index (χ1n) is 11.0. The topological polar surface area (TPSA) is 88.1 Å². The second-order valence-corrected chi connectivity index (χ2v) is 8.80. The summed E-state index contributed by atoms with van der Waals surface area (Å²) in [5.74, 6) is -1.90. The summed E-state index contributed by atoms with van der Waals surface area (Å²) in [6.07, 6.45) is -3.96. The molecule has 1 fully saturated rings. The molecule has 1 aliphatic rings. The van der Waals surface area contributed by atoms with Crippen molar-refractivity contribution in [3.63, 3.8) is 0 Å². The van der Waals surface area contributed by atoms with E-state index in [1.165, 1.54) is 0 Å². The predicted molar refractivity (Wildman–Crippen MR) is 130 cm³/mol. The van der Waals surface area contributed by atoms with Gasteiger partial charge in [-0.3, -0.25) is 0 Å². The molecule has 0 N–H and O–H groups in total. The van der Waals surface area contributed by atoms with E-state index < -0.39 is 47.3 Å². The van der Waals surface area contributed by atoms with Gasteiger partial charge in [0.2, 0.25) is 0 Å². The monoisotopic (exact) mass is 538 g/mol. The van der Waals surface area contributed by atoms with Crippen molar-refractivity contribution in [3.05, 3.63) is 108 Å². The van der Waals surface area contributed by atoms with Gasteiger partial charge in [-0.25, -0.2) is 14.4 Å². The molecule has 0 saturated carbocycles. The van der Waals surface area contributed by atoms with Crippen molar-refractivity contribution in [2.45, 2.75) is 36.4 Å². The molecule has 3 aromatic rings. The summed E-state index contributed by atoms with van der Waals surface area (Å²) in [5, 5.41) is -0.814. The van der Waals surface area contributed by atoms with E-state index in [2.05, 4.69) is 15.9 Å². The Morgan fingerprint density at radius 2 is 0.943 bits per heavy atom. The summed E-state index contributed by atoms with van der Waals surface area (Å²) in [6.45, 7) is 1.69. The summed E-state index contributed by atoms with van der Waals surface area (Å²) in [4.78, 5) is 38.7. The molecule has 0 bridgehead atoms. The number of carbonyl (C=O) groups is 3. The van der Waals surface area contributed by atoms with Crippen molar-refractivity contribution in [1.82, 2.24) is 0 Å². The van der Waals surface area contributed by atoms with Gasteiger partial charge in [-0.2, -0.15) is 0 Å². The van der Waals surface area contributed by atoms with E-state index in [0.29, 0.717) is 16.7 Å². The fourth-order valence-corrected chi connectivity index (χ4v) is 4.43. The molecule has 7 nitrogen and oxygen atoms in total. The van der Waals surface area contributed by atoms with Crippen molar-refractivity contribution >= 4 is 33.8 Å². The van der Waals surface area contributed by atoms with Gasteiger partial charge in [0.1, 0.15) is 0 Å². The average Bonchev–Trinajstić information content (AvgIpc) is 2.89. The van der Waals surface area contributed by atoms with Gasteiger partial charge in [-0.15, -0.1) is 0 Å². The molecule has 0 radical (unpaired) electrons. The molecule has 2 unspecified atom stereocenters. The molecule has 0 aromatic heterocycles. The van der Waals surface area contributed by atoms with Crippen LogP contribution in [-0.4, -0.2) is 47.3 Å². The lowest BCUT2D eigenvalue weighted by Crippen LogP contribution is -2.59. The number of hydrogen-bond donors (Lipinski definition) is 0. The van der Waals surface area contributed by atoms with Gasteiger partial charge in [0.25, 0.3) is 0 Å². The number of ether oxygens (including phenoxy) is 4. The van der Waals surface area contributed by atoms with Crippen molar-refractivity contribution in [2.75, 3.05) is 0 Å². The lowest BCUT2D eigenvalue weighted by atomic mass is 9.99. The third-order valence-corrected chi connectivity index (χ3v) is 6.21. The zero-order valence-electron chi connectivity index (χ0n) is 18.8. The number of alkyl halides is 1. The lowest BCUT2D eigenvalue weighted by molar-refractivity contribution is -0.193. The zero-order valence-corrected chi connectivity index (χ0v) is 20.4. The summed E-state index contributed by atoms with van der Waals surface area (Å²) in [7, 11) is 0. The third kappa shape index (κ3) is 5.96. The number of benzene rings is 3. The molecule has 4 rings (SSSR count). The minimum atomic E-state index is -1.14.